The second-order valence-corrected chi connectivity index (χ2v) is 6.62. The summed E-state index contributed by atoms with van der Waals surface area (Å²) >= 11 is 0. The first-order chi connectivity index (χ1) is 13.5. The summed E-state index contributed by atoms with van der Waals surface area (Å²) in [6.07, 6.45) is 1.68. The molecule has 1 saturated heterocycles. The van der Waals surface area contributed by atoms with Gasteiger partial charge in [-0.2, -0.15) is 0 Å². The van der Waals surface area contributed by atoms with Gasteiger partial charge in [0.25, 0.3) is 0 Å². The Hall–Kier alpha value is -2.46. The van der Waals surface area contributed by atoms with Crippen molar-refractivity contribution < 1.29 is 28.4 Å². The zero-order valence-electron chi connectivity index (χ0n) is 16.4. The molecule has 0 aromatic carbocycles. The van der Waals surface area contributed by atoms with Gasteiger partial charge < -0.3 is 29.5 Å². The normalized spacial score (nSPS) is 16.0. The highest BCUT2D eigenvalue weighted by Gasteiger charge is 2.24. The molecule has 1 aromatic rings. The van der Waals surface area contributed by atoms with Gasteiger partial charge in [0, 0.05) is 45.7 Å². The summed E-state index contributed by atoms with van der Waals surface area (Å²) in [6, 6.07) is 1.59. The number of nitrogens with zero attached hydrogens (tertiary/aromatic N) is 2. The first-order valence-corrected chi connectivity index (χ1v) is 9.36. The van der Waals surface area contributed by atoms with E-state index in [9.17, 15) is 14.4 Å². The van der Waals surface area contributed by atoms with E-state index in [4.69, 9.17) is 14.0 Å². The van der Waals surface area contributed by atoms with E-state index >= 15 is 0 Å². The SMILES string of the molecule is COCCNC(=O)CN(C[C@@H]1CCCO1)C(=O)CCC(=O)Nc1cc(C)on1. The van der Waals surface area contributed by atoms with E-state index in [0.717, 1.165) is 12.8 Å². The second-order valence-electron chi connectivity index (χ2n) is 6.62. The number of carbonyl (C=O) groups excluding carboxylic acids is 3. The first kappa shape index (κ1) is 21.8. The van der Waals surface area contributed by atoms with E-state index in [1.165, 1.54) is 4.90 Å². The van der Waals surface area contributed by atoms with Crippen LogP contribution in [-0.2, 0) is 23.9 Å². The minimum Gasteiger partial charge on any atom is -0.383 e. The van der Waals surface area contributed by atoms with Crippen molar-refractivity contribution in [3.63, 3.8) is 0 Å². The molecule has 1 atom stereocenters. The van der Waals surface area contributed by atoms with E-state index < -0.39 is 0 Å². The van der Waals surface area contributed by atoms with Crippen LogP contribution in [0.3, 0.4) is 0 Å². The highest BCUT2D eigenvalue weighted by Crippen LogP contribution is 2.14. The molecule has 1 fully saturated rings. The van der Waals surface area contributed by atoms with E-state index in [-0.39, 0.29) is 43.2 Å². The van der Waals surface area contributed by atoms with Gasteiger partial charge in [-0.15, -0.1) is 0 Å². The van der Waals surface area contributed by atoms with Crippen molar-refractivity contribution in [2.75, 3.05) is 45.3 Å². The first-order valence-electron chi connectivity index (χ1n) is 9.36. The van der Waals surface area contributed by atoms with Crippen LogP contribution in [0.4, 0.5) is 5.82 Å². The number of methoxy groups -OCH3 is 1. The lowest BCUT2D eigenvalue weighted by Crippen LogP contribution is -2.44. The number of hydrogen-bond acceptors (Lipinski definition) is 7. The number of carbonyl (C=O) groups is 3. The van der Waals surface area contributed by atoms with Crippen molar-refractivity contribution in [3.05, 3.63) is 11.8 Å². The van der Waals surface area contributed by atoms with Crippen molar-refractivity contribution in [1.82, 2.24) is 15.4 Å². The van der Waals surface area contributed by atoms with Crippen molar-refractivity contribution in [1.29, 1.82) is 0 Å². The van der Waals surface area contributed by atoms with Gasteiger partial charge in [0.15, 0.2) is 5.82 Å². The predicted molar refractivity (Wildman–Crippen MR) is 99.5 cm³/mol. The average Bonchev–Trinajstić information content (AvgIpc) is 3.31. The number of nitrogens with one attached hydrogen (secondary N) is 2. The third-order valence-corrected chi connectivity index (χ3v) is 4.22. The van der Waals surface area contributed by atoms with Crippen LogP contribution in [0.2, 0.25) is 0 Å². The van der Waals surface area contributed by atoms with Crippen molar-refractivity contribution in [2.24, 2.45) is 0 Å². The highest BCUT2D eigenvalue weighted by atomic mass is 16.5. The fourth-order valence-corrected chi connectivity index (χ4v) is 2.82. The summed E-state index contributed by atoms with van der Waals surface area (Å²) in [5.74, 6) is -0.00431. The van der Waals surface area contributed by atoms with Gasteiger partial charge in [0.1, 0.15) is 5.76 Å². The number of hydrogen-bond donors (Lipinski definition) is 2. The van der Waals surface area contributed by atoms with Crippen LogP contribution in [0.25, 0.3) is 0 Å². The van der Waals surface area contributed by atoms with Gasteiger partial charge in [0.2, 0.25) is 17.7 Å². The molecular formula is C18H28N4O6. The molecule has 2 rings (SSSR count). The molecule has 2 heterocycles. The van der Waals surface area contributed by atoms with Crippen LogP contribution in [-0.4, -0.2) is 73.8 Å². The minimum absolute atomic E-state index is 0.0132. The average molecular weight is 396 g/mol. The highest BCUT2D eigenvalue weighted by molar-refractivity contribution is 5.93. The Balaban J connectivity index is 1.83. The molecule has 1 aliphatic rings. The number of aryl methyl sites for hydroxylation is 1. The standard InChI is InChI=1S/C18H28N4O6/c1-13-10-15(21-28-13)20-16(23)5-6-18(25)22(11-14-4-3-8-27-14)12-17(24)19-7-9-26-2/h10,14H,3-9,11-12H2,1-2H3,(H,19,24)(H,20,21,23)/t14-/m0/s1. The second kappa shape index (κ2) is 11.4. The molecule has 0 aliphatic carbocycles. The van der Waals surface area contributed by atoms with Crippen LogP contribution in [0.5, 0.6) is 0 Å². The fraction of sp³-hybridized carbons (Fsp3) is 0.667. The third kappa shape index (κ3) is 7.65. The van der Waals surface area contributed by atoms with Gasteiger partial charge in [0.05, 0.1) is 19.3 Å². The summed E-state index contributed by atoms with van der Waals surface area (Å²) in [6.45, 7) is 3.40. The molecule has 0 unspecified atom stereocenters. The molecule has 156 valence electrons. The lowest BCUT2D eigenvalue weighted by atomic mass is 10.2. The Labute approximate surface area is 163 Å². The van der Waals surface area contributed by atoms with Gasteiger partial charge in [-0.05, 0) is 19.8 Å². The lowest BCUT2D eigenvalue weighted by Gasteiger charge is -2.25. The Kier molecular flexibility index (Phi) is 8.89. The summed E-state index contributed by atoms with van der Waals surface area (Å²) in [7, 11) is 1.55. The molecule has 1 aromatic heterocycles. The maximum atomic E-state index is 12.6. The van der Waals surface area contributed by atoms with Crippen LogP contribution in [0.1, 0.15) is 31.4 Å². The van der Waals surface area contributed by atoms with E-state index in [0.29, 0.717) is 37.9 Å². The van der Waals surface area contributed by atoms with Gasteiger partial charge in [-0.25, -0.2) is 0 Å². The quantitative estimate of drug-likeness (QED) is 0.521. The molecular weight excluding hydrogens is 368 g/mol. The lowest BCUT2D eigenvalue weighted by molar-refractivity contribution is -0.138. The molecule has 1 aliphatic heterocycles. The number of ether oxygens (including phenoxy) is 2. The number of amides is 3. The smallest absolute Gasteiger partial charge is 0.239 e. The van der Waals surface area contributed by atoms with Gasteiger partial charge in [-0.1, -0.05) is 5.16 Å². The van der Waals surface area contributed by atoms with E-state index in [2.05, 4.69) is 15.8 Å². The van der Waals surface area contributed by atoms with Crippen LogP contribution < -0.4 is 10.6 Å². The zero-order chi connectivity index (χ0) is 20.4. The maximum Gasteiger partial charge on any atom is 0.239 e. The number of aromatic nitrogens is 1. The summed E-state index contributed by atoms with van der Waals surface area (Å²) in [4.78, 5) is 38.2. The summed E-state index contributed by atoms with van der Waals surface area (Å²) in [5, 5.41) is 8.95. The minimum atomic E-state index is -0.344. The molecule has 0 saturated carbocycles. The van der Waals surface area contributed by atoms with E-state index in [1.807, 2.05) is 0 Å². The molecule has 0 radical (unpaired) electrons. The molecule has 0 spiro atoms. The molecule has 28 heavy (non-hydrogen) atoms. The monoisotopic (exact) mass is 396 g/mol. The number of rotatable bonds is 11. The van der Waals surface area contributed by atoms with Crippen molar-refractivity contribution in [2.45, 2.75) is 38.7 Å². The zero-order valence-corrected chi connectivity index (χ0v) is 16.4. The van der Waals surface area contributed by atoms with E-state index in [1.54, 1.807) is 20.1 Å². The molecule has 10 heteroatoms. The fourth-order valence-electron chi connectivity index (χ4n) is 2.82. The Morgan fingerprint density at radius 1 is 1.32 bits per heavy atom. The molecule has 3 amide bonds. The van der Waals surface area contributed by atoms with Crippen molar-refractivity contribution >= 4 is 23.5 Å². The molecule has 0 bridgehead atoms. The largest absolute Gasteiger partial charge is 0.383 e. The Bertz CT molecular complexity index is 656. The molecule has 2 N–H and O–H groups in total. The van der Waals surface area contributed by atoms with Gasteiger partial charge in [-0.3, -0.25) is 14.4 Å². The topological polar surface area (TPSA) is 123 Å². The van der Waals surface area contributed by atoms with Crippen LogP contribution in [0, 0.1) is 6.92 Å². The summed E-state index contributed by atoms with van der Waals surface area (Å²) < 4.78 is 15.4. The van der Waals surface area contributed by atoms with Crippen LogP contribution >= 0.6 is 0 Å². The Morgan fingerprint density at radius 2 is 2.14 bits per heavy atom. The maximum absolute atomic E-state index is 12.6. The van der Waals surface area contributed by atoms with Crippen LogP contribution in [0.15, 0.2) is 10.6 Å². The van der Waals surface area contributed by atoms with Gasteiger partial charge >= 0.3 is 0 Å². The number of anilines is 1. The Morgan fingerprint density at radius 3 is 2.79 bits per heavy atom. The molecule has 10 nitrogen and oxygen atoms in total. The third-order valence-electron chi connectivity index (χ3n) is 4.22. The van der Waals surface area contributed by atoms with Crippen molar-refractivity contribution in [3.8, 4) is 0 Å². The predicted octanol–water partition coefficient (Wildman–Crippen LogP) is 0.472. The summed E-state index contributed by atoms with van der Waals surface area (Å²) in [5.41, 5.74) is 0.